The molecule has 1 saturated heterocycles. The number of amides is 2. The Hall–Kier alpha value is -2.82. The quantitative estimate of drug-likeness (QED) is 0.868. The van der Waals surface area contributed by atoms with Crippen molar-refractivity contribution in [1.82, 2.24) is 4.90 Å². The summed E-state index contributed by atoms with van der Waals surface area (Å²) in [7, 11) is 2.02. The summed E-state index contributed by atoms with van der Waals surface area (Å²) in [4.78, 5) is 29.8. The van der Waals surface area contributed by atoms with Crippen LogP contribution in [0.3, 0.4) is 0 Å². The highest BCUT2D eigenvalue weighted by molar-refractivity contribution is 6.08. The van der Waals surface area contributed by atoms with Gasteiger partial charge >= 0.3 is 0 Å². The smallest absolute Gasteiger partial charge is 0.257 e. The fourth-order valence-electron chi connectivity index (χ4n) is 4.87. The third-order valence-corrected chi connectivity index (χ3v) is 6.41. The third kappa shape index (κ3) is 2.77. The van der Waals surface area contributed by atoms with Crippen LogP contribution in [0.15, 0.2) is 36.4 Å². The average molecular weight is 375 g/mol. The largest absolute Gasteiger partial charge is 0.354 e. The first-order valence-corrected chi connectivity index (χ1v) is 10.2. The molecule has 28 heavy (non-hydrogen) atoms. The van der Waals surface area contributed by atoms with Gasteiger partial charge in [0, 0.05) is 24.8 Å². The maximum atomic E-state index is 12.9. The number of nitrogens with one attached hydrogen (secondary N) is 1. The summed E-state index contributed by atoms with van der Waals surface area (Å²) < 4.78 is 0. The van der Waals surface area contributed by atoms with Crippen LogP contribution in [-0.2, 0) is 12.8 Å². The molecular weight excluding hydrogens is 350 g/mol. The van der Waals surface area contributed by atoms with Crippen LogP contribution in [0.2, 0.25) is 0 Å². The minimum absolute atomic E-state index is 0.0865. The molecular formula is C23H25N3O2. The first-order chi connectivity index (χ1) is 13.6. The molecule has 5 rings (SSSR count). The SMILES string of the molecule is CN1c2cc(C(=O)Nc3ccc4c(c3)CCC4)ccc2C(=O)N2CCCCC21. The van der Waals surface area contributed by atoms with E-state index in [2.05, 4.69) is 22.3 Å². The lowest BCUT2D eigenvalue weighted by Crippen LogP contribution is -2.55. The van der Waals surface area contributed by atoms with Crippen LogP contribution in [0, 0.1) is 0 Å². The van der Waals surface area contributed by atoms with Gasteiger partial charge in [0.05, 0.1) is 11.3 Å². The van der Waals surface area contributed by atoms with Gasteiger partial charge in [-0.2, -0.15) is 0 Å². The van der Waals surface area contributed by atoms with Crippen LogP contribution >= 0.6 is 0 Å². The lowest BCUT2D eigenvalue weighted by Gasteiger charge is -2.46. The average Bonchev–Trinajstić information content (AvgIpc) is 3.19. The maximum Gasteiger partial charge on any atom is 0.257 e. The van der Waals surface area contributed by atoms with Gasteiger partial charge in [0.2, 0.25) is 0 Å². The molecule has 1 aliphatic carbocycles. The van der Waals surface area contributed by atoms with Crippen LogP contribution in [0.4, 0.5) is 11.4 Å². The predicted octanol–water partition coefficient (Wildman–Crippen LogP) is 3.83. The highest BCUT2D eigenvalue weighted by Crippen LogP contribution is 2.35. The molecule has 0 spiro atoms. The Labute approximate surface area is 165 Å². The first kappa shape index (κ1) is 17.3. The Morgan fingerprint density at radius 2 is 1.89 bits per heavy atom. The molecule has 1 atom stereocenters. The van der Waals surface area contributed by atoms with Crippen molar-refractivity contribution >= 4 is 23.2 Å². The maximum absolute atomic E-state index is 12.9. The first-order valence-electron chi connectivity index (χ1n) is 10.2. The molecule has 5 heteroatoms. The summed E-state index contributed by atoms with van der Waals surface area (Å²) >= 11 is 0. The van der Waals surface area contributed by atoms with E-state index in [0.717, 1.165) is 50.0 Å². The van der Waals surface area contributed by atoms with E-state index in [1.165, 1.54) is 17.5 Å². The molecule has 5 nitrogen and oxygen atoms in total. The highest BCUT2D eigenvalue weighted by atomic mass is 16.2. The van der Waals surface area contributed by atoms with Crippen molar-refractivity contribution in [3.8, 4) is 0 Å². The number of hydrogen-bond donors (Lipinski definition) is 1. The van der Waals surface area contributed by atoms with Crippen molar-refractivity contribution in [3.05, 3.63) is 58.7 Å². The van der Waals surface area contributed by atoms with Gasteiger partial charge in [-0.05, 0) is 80.0 Å². The number of anilines is 2. The lowest BCUT2D eigenvalue weighted by molar-refractivity contribution is 0.0589. The summed E-state index contributed by atoms with van der Waals surface area (Å²) in [5.41, 5.74) is 5.70. The van der Waals surface area contributed by atoms with Gasteiger partial charge in [-0.25, -0.2) is 0 Å². The topological polar surface area (TPSA) is 52.7 Å². The molecule has 1 unspecified atom stereocenters. The number of benzene rings is 2. The van der Waals surface area contributed by atoms with Crippen molar-refractivity contribution < 1.29 is 9.59 Å². The number of carbonyl (C=O) groups is 2. The molecule has 2 heterocycles. The lowest BCUT2D eigenvalue weighted by atomic mass is 9.97. The van der Waals surface area contributed by atoms with Crippen LogP contribution in [-0.4, -0.2) is 36.5 Å². The van der Waals surface area contributed by atoms with Crippen molar-refractivity contribution in [2.75, 3.05) is 23.8 Å². The fraction of sp³-hybridized carbons (Fsp3) is 0.391. The number of hydrogen-bond acceptors (Lipinski definition) is 3. The molecule has 0 bridgehead atoms. The molecule has 3 aliphatic rings. The van der Waals surface area contributed by atoms with E-state index >= 15 is 0 Å². The van der Waals surface area contributed by atoms with Crippen molar-refractivity contribution in [2.24, 2.45) is 0 Å². The molecule has 2 aliphatic heterocycles. The van der Waals surface area contributed by atoms with Crippen LogP contribution in [0.5, 0.6) is 0 Å². The summed E-state index contributed by atoms with van der Waals surface area (Å²) in [5.74, 6) is -0.0453. The molecule has 1 fully saturated rings. The molecule has 2 amide bonds. The van der Waals surface area contributed by atoms with E-state index in [-0.39, 0.29) is 18.0 Å². The number of piperidine rings is 1. The highest BCUT2D eigenvalue weighted by Gasteiger charge is 2.37. The molecule has 0 radical (unpaired) electrons. The van der Waals surface area contributed by atoms with Crippen LogP contribution in [0.1, 0.15) is 57.5 Å². The van der Waals surface area contributed by atoms with Gasteiger partial charge in [0.25, 0.3) is 11.8 Å². The van der Waals surface area contributed by atoms with Gasteiger partial charge in [-0.1, -0.05) is 6.07 Å². The molecule has 2 aromatic rings. The van der Waals surface area contributed by atoms with Crippen molar-refractivity contribution in [2.45, 2.75) is 44.7 Å². The normalized spacial score (nSPS) is 20.5. The zero-order valence-electron chi connectivity index (χ0n) is 16.2. The second kappa shape index (κ2) is 6.66. The van der Waals surface area contributed by atoms with Gasteiger partial charge in [0.1, 0.15) is 6.17 Å². The predicted molar refractivity (Wildman–Crippen MR) is 110 cm³/mol. The molecule has 0 aromatic heterocycles. The van der Waals surface area contributed by atoms with Gasteiger partial charge in [-0.3, -0.25) is 9.59 Å². The Morgan fingerprint density at radius 3 is 2.79 bits per heavy atom. The summed E-state index contributed by atoms with van der Waals surface area (Å²) in [5, 5.41) is 3.02. The van der Waals surface area contributed by atoms with E-state index in [1.54, 1.807) is 12.1 Å². The summed E-state index contributed by atoms with van der Waals surface area (Å²) in [6.07, 6.45) is 6.68. The molecule has 2 aromatic carbocycles. The van der Waals surface area contributed by atoms with E-state index in [9.17, 15) is 9.59 Å². The molecule has 0 saturated carbocycles. The molecule has 144 valence electrons. The van der Waals surface area contributed by atoms with Crippen LogP contribution < -0.4 is 10.2 Å². The summed E-state index contributed by atoms with van der Waals surface area (Å²) in [6, 6.07) is 11.6. The summed E-state index contributed by atoms with van der Waals surface area (Å²) in [6.45, 7) is 0.813. The van der Waals surface area contributed by atoms with E-state index in [0.29, 0.717) is 11.1 Å². The number of aryl methyl sites for hydroxylation is 2. The fourth-order valence-corrected chi connectivity index (χ4v) is 4.87. The number of carbonyl (C=O) groups excluding carboxylic acids is 2. The zero-order valence-corrected chi connectivity index (χ0v) is 16.2. The Morgan fingerprint density at radius 1 is 1.04 bits per heavy atom. The Balaban J connectivity index is 1.42. The Bertz CT molecular complexity index is 968. The monoisotopic (exact) mass is 375 g/mol. The molecule has 1 N–H and O–H groups in total. The minimum atomic E-state index is -0.132. The van der Waals surface area contributed by atoms with Crippen LogP contribution in [0.25, 0.3) is 0 Å². The third-order valence-electron chi connectivity index (χ3n) is 6.41. The number of rotatable bonds is 2. The van der Waals surface area contributed by atoms with E-state index < -0.39 is 0 Å². The van der Waals surface area contributed by atoms with E-state index in [4.69, 9.17) is 0 Å². The Kier molecular flexibility index (Phi) is 4.11. The van der Waals surface area contributed by atoms with Gasteiger partial charge in [-0.15, -0.1) is 0 Å². The van der Waals surface area contributed by atoms with Crippen molar-refractivity contribution in [3.63, 3.8) is 0 Å². The van der Waals surface area contributed by atoms with Gasteiger partial charge < -0.3 is 15.1 Å². The number of nitrogens with zero attached hydrogens (tertiary/aromatic N) is 2. The zero-order chi connectivity index (χ0) is 19.3. The number of fused-ring (bicyclic) bond motifs is 3. The van der Waals surface area contributed by atoms with Crippen molar-refractivity contribution in [1.29, 1.82) is 0 Å². The van der Waals surface area contributed by atoms with E-state index in [1.807, 2.05) is 24.1 Å². The second-order valence-electron chi connectivity index (χ2n) is 8.11. The standard InChI is InChI=1S/C23H25N3O2/c1-25-20-14-17(9-11-19(20)23(28)26-12-3-2-7-21(25)26)22(27)24-18-10-8-15-5-4-6-16(15)13-18/h8-11,13-14,21H,2-7,12H2,1H3,(H,24,27). The second-order valence-corrected chi connectivity index (χ2v) is 8.11. The van der Waals surface area contributed by atoms with Gasteiger partial charge in [0.15, 0.2) is 0 Å². The minimum Gasteiger partial charge on any atom is -0.354 e.